The van der Waals surface area contributed by atoms with Gasteiger partial charge in [0, 0.05) is 16.3 Å². The molecule has 0 bridgehead atoms. The van der Waals surface area contributed by atoms with E-state index in [1.54, 1.807) is 0 Å². The van der Waals surface area contributed by atoms with Crippen LogP contribution < -0.4 is 56.8 Å². The normalized spacial score (nSPS) is 29.9. The number of rotatable bonds is 7. The predicted octanol–water partition coefficient (Wildman–Crippen LogP) is 8.96. The van der Waals surface area contributed by atoms with Gasteiger partial charge in [0.2, 0.25) is 0 Å². The van der Waals surface area contributed by atoms with Gasteiger partial charge in [0.05, 0.1) is 34.2 Å². The molecule has 3 aliphatic rings. The van der Waals surface area contributed by atoms with Gasteiger partial charge in [-0.2, -0.15) is 0 Å². The van der Waals surface area contributed by atoms with Gasteiger partial charge in [-0.05, 0) is 142 Å². The summed E-state index contributed by atoms with van der Waals surface area (Å²) in [5.74, 6) is 0.651. The molecule has 3 saturated heterocycles. The second-order valence-corrected chi connectivity index (χ2v) is 21.1. The van der Waals surface area contributed by atoms with Crippen LogP contribution >= 0.6 is 15.9 Å². The number of esters is 2. The van der Waals surface area contributed by atoms with Crippen molar-refractivity contribution in [2.75, 3.05) is 0 Å². The molecule has 2 aromatic carbocycles. The van der Waals surface area contributed by atoms with Crippen LogP contribution in [0.15, 0.2) is 40.9 Å². The number of ether oxygens (including phenoxy) is 4. The zero-order valence-corrected chi connectivity index (χ0v) is 44.6. The van der Waals surface area contributed by atoms with E-state index < -0.39 is 29.2 Å². The standard InChI is InChI=1S/C27H43BO5.C21H31BrO3.CH4.K.H/c1-12-21-16(2)17(3)22(31-24(29)25(5,6)7)23(30-21)19-14-13-15-20(18(19)4)28-32-26(8,9)27(10,11)33-28;1-8-17-12(2)13(3)18(25-20(23)21(5,6)7)19(24-17)15-10-9-11-16(22)14(15)4;;;/h13-17,21-23H,12H2,1-11H3;9-13,17-19H,8H2,1-7H3;1H4;;/q;;;+1;-1/t16-,17-,21+,22-,23+;12-,13-,17+,18-,19+;;;/m00.../s1. The predicted molar refractivity (Wildman–Crippen MR) is 245 cm³/mol. The van der Waals surface area contributed by atoms with E-state index in [0.717, 1.165) is 45.0 Å². The molecule has 0 N–H and O–H groups in total. The molecule has 0 radical (unpaired) electrons. The van der Waals surface area contributed by atoms with Crippen molar-refractivity contribution in [2.45, 2.75) is 193 Å². The van der Waals surface area contributed by atoms with E-state index in [1.165, 1.54) is 0 Å². The number of hydrogen-bond acceptors (Lipinski definition) is 8. The maximum atomic E-state index is 12.9. The summed E-state index contributed by atoms with van der Waals surface area (Å²) in [7, 11) is -0.451. The van der Waals surface area contributed by atoms with Gasteiger partial charge >= 0.3 is 70.4 Å². The van der Waals surface area contributed by atoms with Crippen LogP contribution in [0.2, 0.25) is 0 Å². The topological polar surface area (TPSA) is 89.5 Å². The van der Waals surface area contributed by atoms with E-state index in [0.29, 0.717) is 5.92 Å². The van der Waals surface area contributed by atoms with E-state index in [9.17, 15) is 9.59 Å². The van der Waals surface area contributed by atoms with Crippen molar-refractivity contribution in [1.29, 1.82) is 0 Å². The van der Waals surface area contributed by atoms with Crippen LogP contribution in [-0.4, -0.2) is 54.7 Å². The van der Waals surface area contributed by atoms with E-state index in [-0.39, 0.29) is 127 Å². The summed E-state index contributed by atoms with van der Waals surface area (Å²) in [5.41, 5.74) is 3.40. The fraction of sp³-hybridized carbons (Fsp3) is 0.714. The summed E-state index contributed by atoms with van der Waals surface area (Å²) >= 11 is 3.61. The first-order valence-electron chi connectivity index (χ1n) is 21.6. The molecule has 10 atom stereocenters. The van der Waals surface area contributed by atoms with Crippen molar-refractivity contribution in [3.05, 3.63) is 63.1 Å². The number of carbonyl (C=O) groups excluding carboxylic acids is 2. The minimum atomic E-state index is -0.575. The van der Waals surface area contributed by atoms with Crippen molar-refractivity contribution in [3.8, 4) is 0 Å². The van der Waals surface area contributed by atoms with E-state index in [1.807, 2.05) is 59.7 Å². The summed E-state index contributed by atoms with van der Waals surface area (Å²) < 4.78 is 39.0. The molecule has 11 heteroatoms. The second-order valence-electron chi connectivity index (χ2n) is 20.3. The number of halogens is 1. The quantitative estimate of drug-likeness (QED) is 0.201. The Hall–Kier alpha value is -0.599. The number of benzene rings is 2. The van der Waals surface area contributed by atoms with E-state index in [2.05, 4.69) is 117 Å². The van der Waals surface area contributed by atoms with E-state index in [4.69, 9.17) is 28.3 Å². The molecule has 3 fully saturated rings. The molecule has 0 saturated carbocycles. The zero-order chi connectivity index (χ0) is 43.9. The third-order valence-corrected chi connectivity index (χ3v) is 14.3. The first kappa shape index (κ1) is 55.5. The Bertz CT molecular complexity index is 1740. The minimum absolute atomic E-state index is 0. The fourth-order valence-electron chi connectivity index (χ4n) is 8.12. The van der Waals surface area contributed by atoms with Crippen LogP contribution in [0.1, 0.15) is 167 Å². The second kappa shape index (κ2) is 21.6. The molecular formula is C49H79BBrKO8. The zero-order valence-electron chi connectivity index (χ0n) is 40.9. The van der Waals surface area contributed by atoms with Crippen LogP contribution in [0.25, 0.3) is 0 Å². The molecule has 60 heavy (non-hydrogen) atoms. The Morgan fingerprint density at radius 2 is 1.05 bits per heavy atom. The van der Waals surface area contributed by atoms with E-state index >= 15 is 0 Å². The average Bonchev–Trinajstić information content (AvgIpc) is 3.35. The van der Waals surface area contributed by atoms with Crippen LogP contribution in [0.3, 0.4) is 0 Å². The van der Waals surface area contributed by atoms with Gasteiger partial charge < -0.3 is 29.7 Å². The van der Waals surface area contributed by atoms with Gasteiger partial charge in [-0.3, -0.25) is 9.59 Å². The molecule has 0 spiro atoms. The van der Waals surface area contributed by atoms with Gasteiger partial charge in [-0.15, -0.1) is 0 Å². The first-order valence-corrected chi connectivity index (χ1v) is 22.4. The maximum absolute atomic E-state index is 12.9. The van der Waals surface area contributed by atoms with Gasteiger partial charge in [-0.1, -0.05) is 95.2 Å². The third-order valence-electron chi connectivity index (χ3n) is 13.5. The molecule has 0 unspecified atom stereocenters. The molecule has 8 nitrogen and oxygen atoms in total. The summed E-state index contributed by atoms with van der Waals surface area (Å²) in [6.45, 7) is 36.8. The van der Waals surface area contributed by atoms with Gasteiger partial charge in [0.15, 0.2) is 0 Å². The fourth-order valence-corrected chi connectivity index (χ4v) is 8.50. The Balaban J connectivity index is 0.000000602. The monoisotopic (exact) mass is 924 g/mol. The minimum Gasteiger partial charge on any atom is -1.00 e. The van der Waals surface area contributed by atoms with Crippen molar-refractivity contribution in [2.24, 2.45) is 34.5 Å². The number of hydrogen-bond donors (Lipinski definition) is 0. The van der Waals surface area contributed by atoms with Gasteiger partial charge in [-0.25, -0.2) is 0 Å². The average molecular weight is 926 g/mol. The third kappa shape index (κ3) is 12.2. The molecule has 0 amide bonds. The molecule has 5 rings (SSSR count). The smallest absolute Gasteiger partial charge is 1.00 e. The Morgan fingerprint density at radius 3 is 1.42 bits per heavy atom. The van der Waals surface area contributed by atoms with Crippen molar-refractivity contribution in [3.63, 3.8) is 0 Å². The van der Waals surface area contributed by atoms with Crippen LogP contribution in [0.4, 0.5) is 0 Å². The van der Waals surface area contributed by atoms with Gasteiger partial charge in [0.1, 0.15) is 24.4 Å². The molecule has 334 valence electrons. The summed E-state index contributed by atoms with van der Waals surface area (Å²) in [6.07, 6.45) is 0.930. The maximum Gasteiger partial charge on any atom is 1.00 e. The Morgan fingerprint density at radius 1 is 0.683 bits per heavy atom. The first-order chi connectivity index (χ1) is 26.7. The summed E-state index contributed by atoms with van der Waals surface area (Å²) in [5, 5.41) is 0. The summed E-state index contributed by atoms with van der Waals surface area (Å²) in [4.78, 5) is 25.5. The molecule has 2 aromatic rings. The molecular weight excluding hydrogens is 846 g/mol. The molecule has 0 aromatic heterocycles. The SMILES string of the molecule is C.CC[C@H]1O[C@H](c2cccc(B3OC(C)(C)C(C)(C)O3)c2C)[C@@H](OC(=O)C(C)(C)C)[C@@H](C)[C@@H]1C.CC[C@H]1O[C@H](c2cccc(Br)c2C)[C@@H](OC(=O)C(C)(C)C)[C@@H](C)[C@@H]1C.[H-].[K+]. The largest absolute Gasteiger partial charge is 1.00 e. The van der Waals surface area contributed by atoms with Crippen molar-refractivity contribution >= 4 is 40.4 Å². The van der Waals surface area contributed by atoms with Crippen molar-refractivity contribution < 1.29 is 90.7 Å². The Labute approximate surface area is 417 Å². The van der Waals surface area contributed by atoms with Crippen LogP contribution in [-0.2, 0) is 37.8 Å². The molecule has 3 aliphatic heterocycles. The van der Waals surface area contributed by atoms with Crippen LogP contribution in [0, 0.1) is 48.3 Å². The van der Waals surface area contributed by atoms with Gasteiger partial charge in [0.25, 0.3) is 0 Å². The molecule has 3 heterocycles. The number of carbonyl (C=O) groups is 2. The Kier molecular flexibility index (Phi) is 20.0. The summed E-state index contributed by atoms with van der Waals surface area (Å²) in [6, 6.07) is 12.3. The molecule has 0 aliphatic carbocycles. The van der Waals surface area contributed by atoms with Crippen molar-refractivity contribution in [1.82, 2.24) is 0 Å². The van der Waals surface area contributed by atoms with Crippen LogP contribution in [0.5, 0.6) is 0 Å².